The minimum Gasteiger partial charge on any atom is -0.444 e. The van der Waals surface area contributed by atoms with Crippen molar-refractivity contribution >= 4 is 49.9 Å². The van der Waals surface area contributed by atoms with Gasteiger partial charge in [-0.15, -0.1) is 11.3 Å². The van der Waals surface area contributed by atoms with Gasteiger partial charge >= 0.3 is 0 Å². The van der Waals surface area contributed by atoms with Crippen LogP contribution >= 0.6 is 27.3 Å². The molecule has 122 valence electrons. The van der Waals surface area contributed by atoms with Crippen molar-refractivity contribution in [1.82, 2.24) is 4.98 Å². The van der Waals surface area contributed by atoms with Gasteiger partial charge in [0.2, 0.25) is 0 Å². The van der Waals surface area contributed by atoms with E-state index in [2.05, 4.69) is 31.5 Å². The first-order valence-electron chi connectivity index (χ1n) is 6.91. The van der Waals surface area contributed by atoms with Crippen LogP contribution in [0.3, 0.4) is 0 Å². The summed E-state index contributed by atoms with van der Waals surface area (Å²) in [7, 11) is 0. The van der Waals surface area contributed by atoms with Gasteiger partial charge in [-0.25, -0.2) is 4.98 Å². The fourth-order valence-corrected chi connectivity index (χ4v) is 3.05. The predicted octanol–water partition coefficient (Wildman–Crippen LogP) is 4.31. The molecule has 6 nitrogen and oxygen atoms in total. The summed E-state index contributed by atoms with van der Waals surface area (Å²) in [6, 6.07) is 8.29. The third kappa shape index (κ3) is 3.72. The van der Waals surface area contributed by atoms with Crippen molar-refractivity contribution in [2.45, 2.75) is 6.92 Å². The van der Waals surface area contributed by atoms with Gasteiger partial charge in [0.1, 0.15) is 0 Å². The maximum Gasteiger partial charge on any atom is 0.291 e. The van der Waals surface area contributed by atoms with Crippen LogP contribution in [0.4, 0.5) is 10.8 Å². The van der Waals surface area contributed by atoms with E-state index in [1.807, 2.05) is 0 Å². The van der Waals surface area contributed by atoms with Gasteiger partial charge in [0.15, 0.2) is 15.6 Å². The molecule has 24 heavy (non-hydrogen) atoms. The van der Waals surface area contributed by atoms with E-state index >= 15 is 0 Å². The van der Waals surface area contributed by atoms with Gasteiger partial charge < -0.3 is 9.73 Å². The first-order chi connectivity index (χ1) is 11.5. The molecule has 2 amide bonds. The Morgan fingerprint density at radius 2 is 1.92 bits per heavy atom. The summed E-state index contributed by atoms with van der Waals surface area (Å²) in [5.74, 6) is -0.362. The molecule has 0 spiro atoms. The van der Waals surface area contributed by atoms with Crippen LogP contribution < -0.4 is 10.6 Å². The number of nitrogens with zero attached hydrogens (tertiary/aromatic N) is 1. The highest BCUT2D eigenvalue weighted by Crippen LogP contribution is 2.21. The minimum atomic E-state index is -0.349. The van der Waals surface area contributed by atoms with Crippen molar-refractivity contribution in [3.63, 3.8) is 0 Å². The fourth-order valence-electron chi connectivity index (χ4n) is 2.02. The van der Waals surface area contributed by atoms with E-state index in [9.17, 15) is 9.59 Å². The summed E-state index contributed by atoms with van der Waals surface area (Å²) in [5.41, 5.74) is 1.77. The summed E-state index contributed by atoms with van der Waals surface area (Å²) in [5, 5.41) is 7.74. The lowest BCUT2D eigenvalue weighted by molar-refractivity contribution is 0.0993. The second-order valence-corrected chi connectivity index (χ2v) is 6.56. The van der Waals surface area contributed by atoms with Crippen LogP contribution in [0.2, 0.25) is 0 Å². The SMILES string of the molecule is Cc1cc(Br)oc1C(=O)Nc1ccc(C(=O)Nc2nccs2)cc1. The average molecular weight is 406 g/mol. The van der Waals surface area contributed by atoms with Crippen LogP contribution in [0.1, 0.15) is 26.5 Å². The van der Waals surface area contributed by atoms with E-state index in [1.54, 1.807) is 48.8 Å². The minimum absolute atomic E-state index is 0.243. The van der Waals surface area contributed by atoms with Crippen LogP contribution in [0.5, 0.6) is 0 Å². The monoisotopic (exact) mass is 405 g/mol. The van der Waals surface area contributed by atoms with Crippen molar-refractivity contribution < 1.29 is 14.0 Å². The fraction of sp³-hybridized carbons (Fsp3) is 0.0625. The standard InChI is InChI=1S/C16H12BrN3O3S/c1-9-8-12(17)23-13(9)15(22)19-11-4-2-10(3-5-11)14(21)20-16-18-6-7-24-16/h2-8H,1H3,(H,19,22)(H,18,20,21). The molecule has 8 heteroatoms. The summed E-state index contributed by atoms with van der Waals surface area (Å²) in [6.07, 6.45) is 1.62. The molecule has 3 aromatic rings. The van der Waals surface area contributed by atoms with Gasteiger partial charge in [0.05, 0.1) is 0 Å². The van der Waals surface area contributed by atoms with Gasteiger partial charge in [0.25, 0.3) is 11.8 Å². The number of thiazole rings is 1. The maximum atomic E-state index is 12.2. The molecule has 2 aromatic heterocycles. The van der Waals surface area contributed by atoms with E-state index < -0.39 is 0 Å². The number of aromatic nitrogens is 1. The Hall–Kier alpha value is -2.45. The third-order valence-electron chi connectivity index (χ3n) is 3.15. The van der Waals surface area contributed by atoms with Gasteiger partial charge in [-0.2, -0.15) is 0 Å². The second-order valence-electron chi connectivity index (χ2n) is 4.89. The second kappa shape index (κ2) is 6.98. The highest BCUT2D eigenvalue weighted by Gasteiger charge is 2.15. The van der Waals surface area contributed by atoms with Gasteiger partial charge in [-0.3, -0.25) is 14.9 Å². The van der Waals surface area contributed by atoms with Crippen LogP contribution in [0.15, 0.2) is 51.0 Å². The van der Waals surface area contributed by atoms with Crippen LogP contribution in [-0.2, 0) is 0 Å². The molecule has 0 radical (unpaired) electrons. The molecule has 3 rings (SSSR count). The Bertz CT molecular complexity index is 873. The zero-order chi connectivity index (χ0) is 17.1. The Kier molecular flexibility index (Phi) is 4.77. The van der Waals surface area contributed by atoms with E-state index in [0.717, 1.165) is 5.56 Å². The molecule has 0 aliphatic heterocycles. The number of furan rings is 1. The molecule has 2 N–H and O–H groups in total. The lowest BCUT2D eigenvalue weighted by Gasteiger charge is -2.06. The topological polar surface area (TPSA) is 84.2 Å². The molecule has 0 unspecified atom stereocenters. The first kappa shape index (κ1) is 16.4. The largest absolute Gasteiger partial charge is 0.444 e. The zero-order valence-corrected chi connectivity index (χ0v) is 14.9. The molecule has 0 aliphatic carbocycles. The van der Waals surface area contributed by atoms with Crippen molar-refractivity contribution in [3.05, 3.63) is 63.5 Å². The van der Waals surface area contributed by atoms with E-state index in [4.69, 9.17) is 4.42 Å². The van der Waals surface area contributed by atoms with Crippen LogP contribution in [0.25, 0.3) is 0 Å². The van der Waals surface area contributed by atoms with E-state index in [1.165, 1.54) is 11.3 Å². The molecule has 1 aromatic carbocycles. The van der Waals surface area contributed by atoms with Crippen molar-refractivity contribution in [2.75, 3.05) is 10.6 Å². The Labute approximate surface area is 150 Å². The highest BCUT2D eigenvalue weighted by molar-refractivity contribution is 9.10. The third-order valence-corrected chi connectivity index (χ3v) is 4.23. The number of aryl methyl sites for hydroxylation is 1. The quantitative estimate of drug-likeness (QED) is 0.676. The lowest BCUT2D eigenvalue weighted by Crippen LogP contribution is -2.13. The zero-order valence-electron chi connectivity index (χ0n) is 12.5. The number of benzene rings is 1. The van der Waals surface area contributed by atoms with E-state index in [-0.39, 0.29) is 17.6 Å². The maximum absolute atomic E-state index is 12.2. The number of hydrogen-bond acceptors (Lipinski definition) is 5. The van der Waals surface area contributed by atoms with Gasteiger partial charge in [0, 0.05) is 28.4 Å². The molecular weight excluding hydrogens is 394 g/mol. The average Bonchev–Trinajstić information content (AvgIpc) is 3.17. The van der Waals surface area contributed by atoms with Gasteiger partial charge in [-0.1, -0.05) is 0 Å². The summed E-state index contributed by atoms with van der Waals surface area (Å²) in [6.45, 7) is 1.79. The number of carbonyl (C=O) groups excluding carboxylic acids is 2. The summed E-state index contributed by atoms with van der Waals surface area (Å²) < 4.78 is 5.80. The number of carbonyl (C=O) groups is 2. The molecule has 0 aliphatic rings. The van der Waals surface area contributed by atoms with Crippen LogP contribution in [0, 0.1) is 6.92 Å². The first-order valence-corrected chi connectivity index (χ1v) is 8.58. The molecule has 0 saturated carbocycles. The molecule has 0 fully saturated rings. The molecular formula is C16H12BrN3O3S. The number of nitrogens with one attached hydrogen (secondary N) is 2. The Morgan fingerprint density at radius 1 is 1.17 bits per heavy atom. The van der Waals surface area contributed by atoms with Crippen molar-refractivity contribution in [1.29, 1.82) is 0 Å². The Balaban J connectivity index is 1.67. The van der Waals surface area contributed by atoms with E-state index in [0.29, 0.717) is 21.1 Å². The van der Waals surface area contributed by atoms with Crippen molar-refractivity contribution in [3.8, 4) is 0 Å². The predicted molar refractivity (Wildman–Crippen MR) is 95.6 cm³/mol. The van der Waals surface area contributed by atoms with Crippen LogP contribution in [-0.4, -0.2) is 16.8 Å². The number of halogens is 1. The molecule has 2 heterocycles. The Morgan fingerprint density at radius 3 is 2.50 bits per heavy atom. The molecule has 0 saturated heterocycles. The van der Waals surface area contributed by atoms with Crippen molar-refractivity contribution in [2.24, 2.45) is 0 Å². The lowest BCUT2D eigenvalue weighted by atomic mass is 10.2. The molecule has 0 bridgehead atoms. The molecule has 0 atom stereocenters. The highest BCUT2D eigenvalue weighted by atomic mass is 79.9. The van der Waals surface area contributed by atoms with Gasteiger partial charge in [-0.05, 0) is 53.2 Å². The smallest absolute Gasteiger partial charge is 0.291 e. The normalized spacial score (nSPS) is 10.4. The summed E-state index contributed by atoms with van der Waals surface area (Å²) in [4.78, 5) is 28.2. The number of rotatable bonds is 4. The number of amides is 2. The summed E-state index contributed by atoms with van der Waals surface area (Å²) >= 11 is 4.54. The number of hydrogen-bond donors (Lipinski definition) is 2. The number of anilines is 2.